The smallest absolute Gasteiger partial charge is 0.0205 e. The summed E-state index contributed by atoms with van der Waals surface area (Å²) < 4.78 is 0. The first-order valence-electron chi connectivity index (χ1n) is 8.62. The Morgan fingerprint density at radius 1 is 1.04 bits per heavy atom. The van der Waals surface area contributed by atoms with Crippen molar-refractivity contribution >= 4 is 13.5 Å². The van der Waals surface area contributed by atoms with Crippen molar-refractivity contribution in [3.63, 3.8) is 0 Å². The third kappa shape index (κ3) is 25.5. The molecule has 0 aliphatic heterocycles. The van der Waals surface area contributed by atoms with E-state index in [0.29, 0.717) is 5.92 Å². The van der Waals surface area contributed by atoms with Crippen LogP contribution in [0.3, 0.4) is 0 Å². The molecule has 1 aromatic carbocycles. The molecule has 0 aliphatic rings. The Balaban J connectivity index is -0.000000151. The van der Waals surface area contributed by atoms with Crippen LogP contribution in [0, 0.1) is 5.92 Å². The molecule has 0 heterocycles. The van der Waals surface area contributed by atoms with Gasteiger partial charge < -0.3 is 16.1 Å². The Morgan fingerprint density at radius 3 is 1.88 bits per heavy atom. The van der Waals surface area contributed by atoms with E-state index in [2.05, 4.69) is 55.3 Å². The van der Waals surface area contributed by atoms with Gasteiger partial charge in [0, 0.05) is 6.54 Å². The fourth-order valence-corrected chi connectivity index (χ4v) is 1.78. The molecule has 0 atom stereocenters. The highest BCUT2D eigenvalue weighted by Crippen LogP contribution is 2.08. The minimum absolute atomic E-state index is 0. The average Bonchev–Trinajstić information content (AvgIpc) is 2.52. The zero-order chi connectivity index (χ0) is 17.2. The maximum atomic E-state index is 3.75. The van der Waals surface area contributed by atoms with Crippen LogP contribution in [0.15, 0.2) is 36.9 Å². The summed E-state index contributed by atoms with van der Waals surface area (Å²) in [7, 11) is 3.75. The van der Waals surface area contributed by atoms with Crippen molar-refractivity contribution in [3.8, 4) is 0 Å². The fraction of sp³-hybridized carbons (Fsp3) is 0.619. The molecule has 0 saturated carbocycles. The van der Waals surface area contributed by atoms with Gasteiger partial charge in [-0.3, -0.25) is 0 Å². The topological polar surface area (TPSA) is 55.6 Å². The van der Waals surface area contributed by atoms with Crippen LogP contribution < -0.4 is 10.6 Å². The van der Waals surface area contributed by atoms with Gasteiger partial charge in [0.05, 0.1) is 0 Å². The van der Waals surface area contributed by atoms with Crippen LogP contribution in [0.1, 0.15) is 59.1 Å². The van der Waals surface area contributed by atoms with E-state index in [4.69, 9.17) is 0 Å². The summed E-state index contributed by atoms with van der Waals surface area (Å²) in [6, 6.07) is 8.96. The molecule has 0 fully saturated rings. The van der Waals surface area contributed by atoms with Gasteiger partial charge in [0.25, 0.3) is 0 Å². The molecule has 3 nitrogen and oxygen atoms in total. The number of hydrogen-bond donors (Lipinski definition) is 2. The normalized spacial score (nSPS) is 8.28. The molecular formula is C21H46N2OS. The molecule has 0 radical (unpaired) electrons. The Kier molecular flexibility index (Phi) is 39.6. The largest absolute Gasteiger partial charge is 0.412 e. The van der Waals surface area contributed by atoms with Gasteiger partial charge in [-0.1, -0.05) is 65.5 Å². The monoisotopic (exact) mass is 374 g/mol. The first-order valence-corrected chi connectivity index (χ1v) is 8.62. The molecule has 0 saturated heterocycles. The van der Waals surface area contributed by atoms with E-state index in [1.54, 1.807) is 0 Å². The van der Waals surface area contributed by atoms with Gasteiger partial charge >= 0.3 is 0 Å². The van der Waals surface area contributed by atoms with E-state index in [1.165, 1.54) is 17.5 Å². The van der Waals surface area contributed by atoms with E-state index in [1.807, 2.05) is 34.0 Å². The average molecular weight is 375 g/mol. The van der Waals surface area contributed by atoms with Gasteiger partial charge in [0.2, 0.25) is 0 Å². The highest BCUT2D eigenvalue weighted by molar-refractivity contribution is 7.59. The SMILES string of the molecule is C.C=CCCCc1ccc(CNCC(C)C)cc1.CC.CNC.O.S. The summed E-state index contributed by atoms with van der Waals surface area (Å²) in [5.74, 6) is 0.716. The van der Waals surface area contributed by atoms with Crippen molar-refractivity contribution in [3.05, 3.63) is 48.0 Å². The predicted octanol–water partition coefficient (Wildman–Crippen LogP) is 4.73. The third-order valence-electron chi connectivity index (χ3n) is 2.78. The maximum Gasteiger partial charge on any atom is 0.0205 e. The third-order valence-corrected chi connectivity index (χ3v) is 2.78. The molecular weight excluding hydrogens is 328 g/mol. The molecule has 0 spiro atoms. The number of unbranched alkanes of at least 4 members (excludes halogenated alkanes) is 1. The summed E-state index contributed by atoms with van der Waals surface area (Å²) in [6.07, 6.45) is 5.46. The van der Waals surface area contributed by atoms with Crippen LogP contribution in [-0.4, -0.2) is 26.1 Å². The Labute approximate surface area is 165 Å². The van der Waals surface area contributed by atoms with Crippen LogP contribution in [-0.2, 0) is 13.0 Å². The second-order valence-electron chi connectivity index (χ2n) is 5.52. The van der Waals surface area contributed by atoms with Crippen molar-refractivity contribution in [1.29, 1.82) is 0 Å². The Morgan fingerprint density at radius 2 is 1.48 bits per heavy atom. The Hall–Kier alpha value is -0.810. The molecule has 0 amide bonds. The lowest BCUT2D eigenvalue weighted by Crippen LogP contribution is -2.18. The highest BCUT2D eigenvalue weighted by Gasteiger charge is 1.96. The lowest BCUT2D eigenvalue weighted by Gasteiger charge is -2.08. The molecule has 0 aromatic heterocycles. The number of benzene rings is 1. The van der Waals surface area contributed by atoms with Gasteiger partial charge in [-0.05, 0) is 56.9 Å². The summed E-state index contributed by atoms with van der Waals surface area (Å²) >= 11 is 0. The summed E-state index contributed by atoms with van der Waals surface area (Å²) in [5, 5.41) is 6.21. The number of nitrogens with one attached hydrogen (secondary N) is 2. The van der Waals surface area contributed by atoms with Crippen LogP contribution >= 0.6 is 13.5 Å². The highest BCUT2D eigenvalue weighted by atomic mass is 32.1. The van der Waals surface area contributed by atoms with Gasteiger partial charge in [0.15, 0.2) is 0 Å². The molecule has 4 N–H and O–H groups in total. The zero-order valence-electron chi connectivity index (χ0n) is 16.7. The fourth-order valence-electron chi connectivity index (χ4n) is 1.78. The van der Waals surface area contributed by atoms with Crippen LogP contribution in [0.5, 0.6) is 0 Å². The minimum Gasteiger partial charge on any atom is -0.412 e. The molecule has 152 valence electrons. The van der Waals surface area contributed by atoms with Crippen molar-refractivity contribution < 1.29 is 5.48 Å². The van der Waals surface area contributed by atoms with Crippen LogP contribution in [0.25, 0.3) is 0 Å². The van der Waals surface area contributed by atoms with Crippen molar-refractivity contribution in [2.24, 2.45) is 5.92 Å². The molecule has 1 rings (SSSR count). The summed E-state index contributed by atoms with van der Waals surface area (Å²) in [5.41, 5.74) is 2.80. The minimum atomic E-state index is 0. The number of hydrogen-bond acceptors (Lipinski definition) is 2. The van der Waals surface area contributed by atoms with Gasteiger partial charge in [-0.2, -0.15) is 13.5 Å². The first kappa shape index (κ1) is 35.3. The van der Waals surface area contributed by atoms with E-state index >= 15 is 0 Å². The summed E-state index contributed by atoms with van der Waals surface area (Å²) in [6.45, 7) is 14.3. The van der Waals surface area contributed by atoms with Crippen LogP contribution in [0.4, 0.5) is 0 Å². The predicted molar refractivity (Wildman–Crippen MR) is 123 cm³/mol. The molecule has 0 unspecified atom stereocenters. The second-order valence-corrected chi connectivity index (χ2v) is 5.52. The number of rotatable bonds is 8. The standard InChI is InChI=1S/C16H25N.C2H7N.C2H6.CH4.H2O.H2S/c1-4-5-6-7-15-8-10-16(11-9-15)13-17-12-14(2)3;1-3-2;1-2;;;/h4,8-11,14,17H,1,5-7,12-13H2,2-3H3;3H,1-2H3;1-2H3;1H4;2*1H2. The summed E-state index contributed by atoms with van der Waals surface area (Å²) in [4.78, 5) is 0. The molecule has 4 heteroatoms. The zero-order valence-corrected chi connectivity index (χ0v) is 17.7. The maximum absolute atomic E-state index is 3.75. The van der Waals surface area contributed by atoms with Gasteiger partial charge in [-0.15, -0.1) is 6.58 Å². The van der Waals surface area contributed by atoms with E-state index < -0.39 is 0 Å². The van der Waals surface area contributed by atoms with Crippen LogP contribution in [0.2, 0.25) is 0 Å². The Bertz CT molecular complexity index is 340. The van der Waals surface area contributed by atoms with Gasteiger partial charge in [0.1, 0.15) is 0 Å². The van der Waals surface area contributed by atoms with E-state index in [9.17, 15) is 0 Å². The first-order chi connectivity index (χ1) is 10.6. The molecule has 0 aliphatic carbocycles. The van der Waals surface area contributed by atoms with E-state index in [-0.39, 0.29) is 26.4 Å². The lowest BCUT2D eigenvalue weighted by molar-refractivity contribution is 0.552. The van der Waals surface area contributed by atoms with Crippen molar-refractivity contribution in [2.45, 2.75) is 60.9 Å². The van der Waals surface area contributed by atoms with Crippen molar-refractivity contribution in [1.82, 2.24) is 10.6 Å². The van der Waals surface area contributed by atoms with Gasteiger partial charge in [-0.25, -0.2) is 0 Å². The molecule has 25 heavy (non-hydrogen) atoms. The molecule has 1 aromatic rings. The second kappa shape index (κ2) is 28.0. The van der Waals surface area contributed by atoms with E-state index in [0.717, 1.165) is 25.9 Å². The van der Waals surface area contributed by atoms with Crippen molar-refractivity contribution in [2.75, 3.05) is 20.6 Å². The lowest BCUT2D eigenvalue weighted by atomic mass is 10.1. The number of aryl methyl sites for hydroxylation is 1. The molecule has 0 bridgehead atoms. The quantitative estimate of drug-likeness (QED) is 0.510. The number of allylic oxidation sites excluding steroid dienone is 1.